The number of rotatable bonds is 14. The molecular weight excluding hydrogens is 342 g/mol. The van der Waals surface area contributed by atoms with Crippen LogP contribution >= 0.6 is 0 Å². The molecule has 0 atom stereocenters. The summed E-state index contributed by atoms with van der Waals surface area (Å²) in [5.74, 6) is -1.31. The molecular formula is C21H35N3O3. The molecule has 1 aromatic heterocycles. The fraction of sp³-hybridized carbons (Fsp3) is 0.762. The average Bonchev–Trinajstić information content (AvgIpc) is 3.01. The van der Waals surface area contributed by atoms with Crippen molar-refractivity contribution in [2.45, 2.75) is 91.7 Å². The molecule has 27 heavy (non-hydrogen) atoms. The number of unbranched alkanes of at least 4 members (excludes halogenated alkanes) is 8. The lowest BCUT2D eigenvalue weighted by molar-refractivity contribution is 0.0577. The SMILES string of the molecule is CC(C)(C)CCCCCCCCCCCOCn1cc(C#N)nc1C(=O)O. The second-order valence-electron chi connectivity index (χ2n) is 8.37. The molecule has 0 aromatic carbocycles. The number of imidazole rings is 1. The van der Waals surface area contributed by atoms with E-state index in [9.17, 15) is 4.79 Å². The maximum atomic E-state index is 11.1. The van der Waals surface area contributed by atoms with Gasteiger partial charge in [0.2, 0.25) is 5.82 Å². The minimum absolute atomic E-state index is 0.0920. The van der Waals surface area contributed by atoms with E-state index in [1.165, 1.54) is 62.1 Å². The number of carboxylic acid groups (broad SMARTS) is 1. The van der Waals surface area contributed by atoms with Gasteiger partial charge in [-0.25, -0.2) is 9.78 Å². The molecule has 1 heterocycles. The van der Waals surface area contributed by atoms with Gasteiger partial charge in [-0.15, -0.1) is 0 Å². The Bertz CT molecular complexity index is 597. The van der Waals surface area contributed by atoms with E-state index in [2.05, 4.69) is 25.8 Å². The van der Waals surface area contributed by atoms with Crippen LogP contribution in [0.4, 0.5) is 0 Å². The summed E-state index contributed by atoms with van der Waals surface area (Å²) >= 11 is 0. The first-order valence-electron chi connectivity index (χ1n) is 10.1. The molecule has 0 fully saturated rings. The second kappa shape index (κ2) is 12.5. The summed E-state index contributed by atoms with van der Waals surface area (Å²) in [6.07, 6.45) is 14.0. The molecule has 0 bridgehead atoms. The summed E-state index contributed by atoms with van der Waals surface area (Å²) in [7, 11) is 0. The summed E-state index contributed by atoms with van der Waals surface area (Å²) in [4.78, 5) is 14.8. The fourth-order valence-electron chi connectivity index (χ4n) is 3.00. The van der Waals surface area contributed by atoms with Crippen LogP contribution in [0.5, 0.6) is 0 Å². The number of carboxylic acids is 1. The number of carbonyl (C=O) groups is 1. The van der Waals surface area contributed by atoms with Gasteiger partial charge in [-0.05, 0) is 18.3 Å². The summed E-state index contributed by atoms with van der Waals surface area (Å²) < 4.78 is 6.88. The van der Waals surface area contributed by atoms with E-state index in [0.29, 0.717) is 12.0 Å². The van der Waals surface area contributed by atoms with E-state index in [4.69, 9.17) is 15.1 Å². The number of aromatic carboxylic acids is 1. The molecule has 0 aliphatic rings. The van der Waals surface area contributed by atoms with Crippen molar-refractivity contribution < 1.29 is 14.6 Å². The Balaban J connectivity index is 1.97. The molecule has 152 valence electrons. The van der Waals surface area contributed by atoms with Gasteiger partial charge in [-0.1, -0.05) is 72.1 Å². The highest BCUT2D eigenvalue weighted by Crippen LogP contribution is 2.22. The number of hydrogen-bond acceptors (Lipinski definition) is 4. The van der Waals surface area contributed by atoms with Crippen molar-refractivity contribution in [1.29, 1.82) is 5.26 Å². The maximum Gasteiger partial charge on any atom is 0.372 e. The van der Waals surface area contributed by atoms with Crippen LogP contribution in [0.2, 0.25) is 0 Å². The average molecular weight is 378 g/mol. The smallest absolute Gasteiger partial charge is 0.372 e. The Kier molecular flexibility index (Phi) is 10.7. The Morgan fingerprint density at radius 1 is 1.11 bits per heavy atom. The second-order valence-corrected chi connectivity index (χ2v) is 8.37. The number of nitriles is 1. The highest BCUT2D eigenvalue weighted by atomic mass is 16.5. The molecule has 6 heteroatoms. The lowest BCUT2D eigenvalue weighted by Gasteiger charge is -2.17. The number of nitrogens with zero attached hydrogens (tertiary/aromatic N) is 3. The van der Waals surface area contributed by atoms with Gasteiger partial charge in [0.25, 0.3) is 0 Å². The van der Waals surface area contributed by atoms with Crippen LogP contribution in [-0.2, 0) is 11.5 Å². The molecule has 0 aliphatic carbocycles. The molecule has 1 rings (SSSR count). The molecule has 1 N–H and O–H groups in total. The Morgan fingerprint density at radius 3 is 2.19 bits per heavy atom. The van der Waals surface area contributed by atoms with E-state index in [-0.39, 0.29) is 18.2 Å². The zero-order chi connectivity index (χ0) is 20.1. The van der Waals surface area contributed by atoms with Gasteiger partial charge in [0, 0.05) is 12.8 Å². The van der Waals surface area contributed by atoms with Crippen molar-refractivity contribution in [1.82, 2.24) is 9.55 Å². The van der Waals surface area contributed by atoms with Crippen LogP contribution in [0.25, 0.3) is 0 Å². The van der Waals surface area contributed by atoms with Gasteiger partial charge in [0.05, 0.1) is 0 Å². The summed E-state index contributed by atoms with van der Waals surface area (Å²) in [6.45, 7) is 7.62. The van der Waals surface area contributed by atoms with Gasteiger partial charge < -0.3 is 14.4 Å². The first-order valence-corrected chi connectivity index (χ1v) is 10.1. The van der Waals surface area contributed by atoms with E-state index in [1.807, 2.05) is 6.07 Å². The molecule has 0 amide bonds. The zero-order valence-corrected chi connectivity index (χ0v) is 17.2. The van der Waals surface area contributed by atoms with E-state index in [1.54, 1.807) is 0 Å². The fourth-order valence-corrected chi connectivity index (χ4v) is 3.00. The predicted octanol–water partition coefficient (Wildman–Crippen LogP) is 5.37. The zero-order valence-electron chi connectivity index (χ0n) is 17.2. The number of ether oxygens (including phenoxy) is 1. The van der Waals surface area contributed by atoms with Crippen molar-refractivity contribution in [3.8, 4) is 6.07 Å². The molecule has 6 nitrogen and oxygen atoms in total. The molecule has 0 aliphatic heterocycles. The van der Waals surface area contributed by atoms with Crippen molar-refractivity contribution >= 4 is 5.97 Å². The van der Waals surface area contributed by atoms with E-state index in [0.717, 1.165) is 12.8 Å². The standard InChI is InChI=1S/C21H35N3O3/c1-21(2,3)13-11-9-7-5-4-6-8-10-12-14-27-17-24-16-18(15-22)23-19(24)20(25)26/h16H,4-14,17H2,1-3H3,(H,25,26). The third kappa shape index (κ3) is 10.8. The monoisotopic (exact) mass is 377 g/mol. The van der Waals surface area contributed by atoms with Gasteiger partial charge in [-0.3, -0.25) is 0 Å². The highest BCUT2D eigenvalue weighted by molar-refractivity contribution is 5.83. The highest BCUT2D eigenvalue weighted by Gasteiger charge is 2.14. The molecule has 0 radical (unpaired) electrons. The van der Waals surface area contributed by atoms with Crippen LogP contribution < -0.4 is 0 Å². The summed E-state index contributed by atoms with van der Waals surface area (Å²) in [5, 5.41) is 17.9. The summed E-state index contributed by atoms with van der Waals surface area (Å²) in [5.41, 5.74) is 0.557. The lowest BCUT2D eigenvalue weighted by Crippen LogP contribution is -2.11. The number of hydrogen-bond donors (Lipinski definition) is 1. The normalized spacial score (nSPS) is 11.5. The van der Waals surface area contributed by atoms with Gasteiger partial charge in [0.15, 0.2) is 5.69 Å². The topological polar surface area (TPSA) is 88.1 Å². The Labute approximate surface area is 163 Å². The van der Waals surface area contributed by atoms with E-state index >= 15 is 0 Å². The Morgan fingerprint density at radius 2 is 1.67 bits per heavy atom. The molecule has 1 aromatic rings. The molecule has 0 saturated carbocycles. The first kappa shape index (κ1) is 23.2. The summed E-state index contributed by atoms with van der Waals surface area (Å²) in [6, 6.07) is 1.84. The predicted molar refractivity (Wildman–Crippen MR) is 105 cm³/mol. The lowest BCUT2D eigenvalue weighted by atomic mass is 9.89. The van der Waals surface area contributed by atoms with Gasteiger partial charge in [-0.2, -0.15) is 5.26 Å². The quantitative estimate of drug-likeness (QED) is 0.440. The van der Waals surface area contributed by atoms with Crippen LogP contribution in [0.3, 0.4) is 0 Å². The van der Waals surface area contributed by atoms with Crippen molar-refractivity contribution in [2.75, 3.05) is 6.61 Å². The van der Waals surface area contributed by atoms with Crippen LogP contribution in [0.1, 0.15) is 101 Å². The third-order valence-electron chi connectivity index (χ3n) is 4.53. The minimum Gasteiger partial charge on any atom is -0.475 e. The van der Waals surface area contributed by atoms with Crippen LogP contribution in [0, 0.1) is 16.7 Å². The van der Waals surface area contributed by atoms with Crippen molar-refractivity contribution in [3.63, 3.8) is 0 Å². The van der Waals surface area contributed by atoms with E-state index < -0.39 is 5.97 Å². The largest absolute Gasteiger partial charge is 0.475 e. The van der Waals surface area contributed by atoms with Gasteiger partial charge in [0.1, 0.15) is 12.8 Å². The number of aromatic nitrogens is 2. The third-order valence-corrected chi connectivity index (χ3v) is 4.53. The van der Waals surface area contributed by atoms with Crippen molar-refractivity contribution in [3.05, 3.63) is 17.7 Å². The minimum atomic E-state index is -1.15. The van der Waals surface area contributed by atoms with Crippen LogP contribution in [-0.4, -0.2) is 27.2 Å². The molecule has 0 unspecified atom stereocenters. The van der Waals surface area contributed by atoms with Gasteiger partial charge >= 0.3 is 5.97 Å². The Hall–Kier alpha value is -1.87. The molecule has 0 saturated heterocycles. The molecule has 0 spiro atoms. The first-order chi connectivity index (χ1) is 12.8. The maximum absolute atomic E-state index is 11.1. The van der Waals surface area contributed by atoms with Crippen molar-refractivity contribution in [2.24, 2.45) is 5.41 Å². The van der Waals surface area contributed by atoms with Crippen LogP contribution in [0.15, 0.2) is 6.20 Å².